The molecule has 0 heterocycles. The van der Waals surface area contributed by atoms with Crippen LogP contribution in [0.5, 0.6) is 0 Å². The van der Waals surface area contributed by atoms with Crippen LogP contribution in [0.15, 0.2) is 42.5 Å². The Balaban J connectivity index is -0.0000000462. The van der Waals surface area contributed by atoms with Crippen molar-refractivity contribution in [3.8, 4) is 0 Å². The average molecular weight is 320 g/mol. The first-order chi connectivity index (χ1) is 8.00. The van der Waals surface area contributed by atoms with E-state index in [2.05, 4.69) is 33.4 Å². The molecule has 0 fully saturated rings. The fourth-order valence-corrected chi connectivity index (χ4v) is 0.470. The average Bonchev–Trinajstić information content (AvgIpc) is 2.38. The SMILES string of the molecule is [C-]1=CC=CC=CC=C1.[CH-]=O.[CH-]=O.[CH-]=O.[CH2-]C.[Ru+5]. The summed E-state index contributed by atoms with van der Waals surface area (Å²) in [5, 5.41) is 0. The van der Waals surface area contributed by atoms with Gasteiger partial charge in [-0.25, -0.2) is 0 Å². The Morgan fingerprint density at radius 2 is 1.12 bits per heavy atom. The van der Waals surface area contributed by atoms with E-state index in [-0.39, 0.29) is 19.5 Å². The summed E-state index contributed by atoms with van der Waals surface area (Å²) in [6, 6.07) is 0. The molecule has 0 N–H and O–H groups in total. The molecule has 1 rings (SSSR count). The van der Waals surface area contributed by atoms with Gasteiger partial charge in [0.1, 0.15) is 0 Å². The van der Waals surface area contributed by atoms with Gasteiger partial charge in [-0.15, -0.1) is 12.2 Å². The molecular formula is C13H15O3Ru. The Hall–Kier alpha value is -1.41. The van der Waals surface area contributed by atoms with E-state index in [0.717, 1.165) is 0 Å². The first kappa shape index (κ1) is 29.6. The molecule has 1 aliphatic carbocycles. The Morgan fingerprint density at radius 3 is 1.59 bits per heavy atom. The predicted molar refractivity (Wildman–Crippen MR) is 66.5 cm³/mol. The van der Waals surface area contributed by atoms with E-state index in [1.807, 2.05) is 42.5 Å². The zero-order valence-electron chi connectivity index (χ0n) is 9.56. The molecule has 0 bridgehead atoms. The summed E-state index contributed by atoms with van der Waals surface area (Å²) >= 11 is 0. The summed E-state index contributed by atoms with van der Waals surface area (Å²) in [5.74, 6) is 0. The van der Waals surface area contributed by atoms with Crippen LogP contribution in [0.4, 0.5) is 0 Å². The minimum atomic E-state index is 0. The molecule has 0 spiro atoms. The summed E-state index contributed by atoms with van der Waals surface area (Å²) in [6.07, 6.45) is 16.5. The van der Waals surface area contributed by atoms with Gasteiger partial charge in [0.15, 0.2) is 0 Å². The molecule has 93 valence electrons. The largest absolute Gasteiger partial charge is 5.00 e. The Bertz CT molecular complexity index is 148. The van der Waals surface area contributed by atoms with Crippen molar-refractivity contribution in [2.24, 2.45) is 0 Å². The smallest absolute Gasteiger partial charge is 0.545 e. The first-order valence-corrected chi connectivity index (χ1v) is 3.99. The molecular weight excluding hydrogens is 305 g/mol. The van der Waals surface area contributed by atoms with Crippen molar-refractivity contribution in [3.63, 3.8) is 0 Å². The topological polar surface area (TPSA) is 51.2 Å². The van der Waals surface area contributed by atoms with E-state index in [4.69, 9.17) is 14.4 Å². The third-order valence-electron chi connectivity index (χ3n) is 0.829. The van der Waals surface area contributed by atoms with E-state index in [0.29, 0.717) is 0 Å². The zero-order chi connectivity index (χ0) is 13.7. The van der Waals surface area contributed by atoms with Crippen molar-refractivity contribution in [1.82, 2.24) is 0 Å². The van der Waals surface area contributed by atoms with E-state index >= 15 is 0 Å². The molecule has 17 heavy (non-hydrogen) atoms. The number of allylic oxidation sites excluding steroid dienone is 8. The van der Waals surface area contributed by atoms with Gasteiger partial charge in [0.05, 0.1) is 0 Å². The van der Waals surface area contributed by atoms with Crippen LogP contribution in [0.3, 0.4) is 0 Å². The molecule has 3 nitrogen and oxygen atoms in total. The van der Waals surface area contributed by atoms with Crippen molar-refractivity contribution in [2.75, 3.05) is 0 Å². The van der Waals surface area contributed by atoms with Crippen molar-refractivity contribution in [3.05, 3.63) is 55.5 Å². The third-order valence-corrected chi connectivity index (χ3v) is 0.829. The fourth-order valence-electron chi connectivity index (χ4n) is 0.470. The predicted octanol–water partition coefficient (Wildman–Crippen LogP) is 2.04. The summed E-state index contributed by atoms with van der Waals surface area (Å²) in [6.45, 7) is 14.8. The Morgan fingerprint density at radius 1 is 0.765 bits per heavy atom. The van der Waals surface area contributed by atoms with Gasteiger partial charge in [0, 0.05) is 0 Å². The first-order valence-electron chi connectivity index (χ1n) is 3.99. The van der Waals surface area contributed by atoms with Gasteiger partial charge in [0.2, 0.25) is 0 Å². The zero-order valence-corrected chi connectivity index (χ0v) is 11.3. The summed E-state index contributed by atoms with van der Waals surface area (Å²) in [4.78, 5) is 23.2. The van der Waals surface area contributed by atoms with Gasteiger partial charge in [-0.3, -0.25) is 20.4 Å². The van der Waals surface area contributed by atoms with Crippen LogP contribution in [0.25, 0.3) is 0 Å². The van der Waals surface area contributed by atoms with Gasteiger partial charge < -0.3 is 21.3 Å². The molecule has 0 unspecified atom stereocenters. The molecule has 0 aromatic rings. The minimum absolute atomic E-state index is 0. The molecule has 0 saturated heterocycles. The quantitative estimate of drug-likeness (QED) is 0.390. The standard InChI is InChI=1S/C8H7.C2H5.3CHO.Ru/c1-2-4-6-8-7-5-3-1;4*1-2;/h1-7H;1H2,2H3;3*1H;/q5*-1;+5. The van der Waals surface area contributed by atoms with Crippen molar-refractivity contribution in [1.29, 1.82) is 0 Å². The van der Waals surface area contributed by atoms with Crippen LogP contribution in [0.2, 0.25) is 0 Å². The Labute approximate surface area is 117 Å². The fraction of sp³-hybridized carbons (Fsp3) is 0.0769. The minimum Gasteiger partial charge on any atom is -0.545 e. The van der Waals surface area contributed by atoms with Gasteiger partial charge in [0.25, 0.3) is 0 Å². The molecule has 0 saturated carbocycles. The number of carbonyl (C=O) groups excluding carboxylic acids is 3. The second kappa shape index (κ2) is 62.0. The van der Waals surface area contributed by atoms with Crippen LogP contribution in [-0.2, 0) is 33.9 Å². The Kier molecular flexibility index (Phi) is 108. The van der Waals surface area contributed by atoms with Gasteiger partial charge >= 0.3 is 19.5 Å². The van der Waals surface area contributed by atoms with Crippen molar-refractivity contribution in [2.45, 2.75) is 6.92 Å². The van der Waals surface area contributed by atoms with Crippen LogP contribution < -0.4 is 0 Å². The van der Waals surface area contributed by atoms with Crippen LogP contribution >= 0.6 is 0 Å². The second-order valence-corrected chi connectivity index (χ2v) is 1.46. The van der Waals surface area contributed by atoms with Gasteiger partial charge in [-0.05, 0) is 0 Å². The van der Waals surface area contributed by atoms with E-state index in [1.165, 1.54) is 0 Å². The monoisotopic (exact) mass is 321 g/mol. The number of hydrogen-bond acceptors (Lipinski definition) is 3. The van der Waals surface area contributed by atoms with Crippen molar-refractivity contribution >= 4 is 20.4 Å². The summed E-state index contributed by atoms with van der Waals surface area (Å²) < 4.78 is 0. The second-order valence-electron chi connectivity index (χ2n) is 1.46. The molecule has 0 amide bonds. The van der Waals surface area contributed by atoms with Gasteiger partial charge in [-0.2, -0.15) is 37.3 Å². The maximum atomic E-state index is 7.75. The van der Waals surface area contributed by atoms with Crippen molar-refractivity contribution < 1.29 is 33.9 Å². The molecule has 0 atom stereocenters. The maximum absolute atomic E-state index is 7.75. The summed E-state index contributed by atoms with van der Waals surface area (Å²) in [5.41, 5.74) is 0. The normalized spacial score (nSPS) is 8.59. The van der Waals surface area contributed by atoms with Crippen LogP contribution in [0, 0.1) is 13.0 Å². The molecule has 0 aromatic heterocycles. The van der Waals surface area contributed by atoms with Gasteiger partial charge in [-0.1, -0.05) is 6.08 Å². The molecule has 1 radical (unpaired) electrons. The number of rotatable bonds is 0. The van der Waals surface area contributed by atoms with E-state index in [9.17, 15) is 0 Å². The number of hydrogen-bond donors (Lipinski definition) is 0. The molecule has 1 aliphatic rings. The van der Waals surface area contributed by atoms with E-state index < -0.39 is 0 Å². The third kappa shape index (κ3) is 53.2. The maximum Gasteiger partial charge on any atom is 5.00 e. The van der Waals surface area contributed by atoms with E-state index in [1.54, 1.807) is 6.92 Å². The molecule has 0 aromatic carbocycles. The van der Waals surface area contributed by atoms with Crippen LogP contribution in [-0.4, -0.2) is 20.4 Å². The molecule has 0 aliphatic heterocycles. The molecule has 4 heteroatoms. The summed E-state index contributed by atoms with van der Waals surface area (Å²) in [7, 11) is 0. The van der Waals surface area contributed by atoms with Crippen LogP contribution in [0.1, 0.15) is 6.92 Å².